The van der Waals surface area contributed by atoms with Crippen molar-refractivity contribution in [2.24, 2.45) is 0 Å². The van der Waals surface area contributed by atoms with Gasteiger partial charge in [0.2, 0.25) is 4.77 Å². The summed E-state index contributed by atoms with van der Waals surface area (Å²) in [5, 5.41) is 7.96. The van der Waals surface area contributed by atoms with Crippen LogP contribution in [-0.4, -0.2) is 22.0 Å². The minimum absolute atomic E-state index is 0.0300. The van der Waals surface area contributed by atoms with Gasteiger partial charge in [-0.2, -0.15) is 5.10 Å². The quantitative estimate of drug-likeness (QED) is 0.272. The molecule has 170 valence electrons. The van der Waals surface area contributed by atoms with Crippen LogP contribution in [-0.2, 0) is 13.2 Å². The molecule has 6 nitrogen and oxygen atoms in total. The first kappa shape index (κ1) is 23.1. The van der Waals surface area contributed by atoms with E-state index in [0.717, 1.165) is 11.1 Å². The Hall–Kier alpha value is -3.07. The third-order valence-corrected chi connectivity index (χ3v) is 5.77. The number of hydrogen-bond acceptors (Lipinski definition) is 5. The fourth-order valence-corrected chi connectivity index (χ4v) is 3.87. The number of methoxy groups -OCH3 is 1. The average molecular weight is 505 g/mol. The summed E-state index contributed by atoms with van der Waals surface area (Å²) in [6.45, 7) is 0.272. The normalized spacial score (nSPS) is 10.8. The second-order valence-corrected chi connectivity index (χ2v) is 8.19. The second-order valence-electron chi connectivity index (χ2n) is 6.96. The van der Waals surface area contributed by atoms with Crippen molar-refractivity contribution in [3.8, 4) is 22.9 Å². The highest BCUT2D eigenvalue weighted by Crippen LogP contribution is 2.29. The Bertz CT molecular complexity index is 1320. The lowest BCUT2D eigenvalue weighted by molar-refractivity contribution is 0.297. The van der Waals surface area contributed by atoms with Crippen LogP contribution in [0.4, 0.5) is 4.39 Å². The summed E-state index contributed by atoms with van der Waals surface area (Å²) in [5.74, 6) is 1.31. The molecule has 0 aliphatic heterocycles. The lowest BCUT2D eigenvalue weighted by Gasteiger charge is -2.16. The number of para-hydroxylation sites is 1. The minimum atomic E-state index is -0.428. The van der Waals surface area contributed by atoms with E-state index in [1.165, 1.54) is 6.07 Å². The van der Waals surface area contributed by atoms with Crippen LogP contribution in [0.25, 0.3) is 11.4 Å². The molecule has 33 heavy (non-hydrogen) atoms. The number of aromatic nitrogens is 3. The Balaban J connectivity index is 1.58. The molecule has 0 bridgehead atoms. The smallest absolute Gasteiger partial charge is 0.214 e. The third kappa shape index (κ3) is 5.13. The highest BCUT2D eigenvalue weighted by atomic mass is 35.5. The predicted octanol–water partition coefficient (Wildman–Crippen LogP) is 6.38. The molecule has 1 heterocycles. The largest absolute Gasteiger partial charge is 0.496 e. The van der Waals surface area contributed by atoms with Crippen LogP contribution >= 0.6 is 35.4 Å². The molecule has 10 heteroatoms. The maximum atomic E-state index is 14.1. The van der Waals surface area contributed by atoms with E-state index in [0.29, 0.717) is 38.7 Å². The number of aromatic amines is 1. The van der Waals surface area contributed by atoms with Crippen LogP contribution in [0.3, 0.4) is 0 Å². The molecule has 1 aromatic heterocycles. The molecule has 0 fully saturated rings. The van der Waals surface area contributed by atoms with Crippen molar-refractivity contribution in [2.45, 2.75) is 13.2 Å². The number of nitrogens with zero attached hydrogens (tertiary/aromatic N) is 2. The van der Waals surface area contributed by atoms with E-state index in [4.69, 9.17) is 44.9 Å². The molecule has 0 unspecified atom stereocenters. The van der Waals surface area contributed by atoms with Crippen molar-refractivity contribution in [1.82, 2.24) is 14.9 Å². The van der Waals surface area contributed by atoms with E-state index in [1.807, 2.05) is 24.3 Å². The molecule has 0 spiro atoms. The summed E-state index contributed by atoms with van der Waals surface area (Å²) in [4.78, 5) is 0. The van der Waals surface area contributed by atoms with Gasteiger partial charge in [-0.3, -0.25) is 0 Å². The van der Waals surface area contributed by atoms with Gasteiger partial charge in [-0.15, -0.1) is 0 Å². The van der Waals surface area contributed by atoms with E-state index in [1.54, 1.807) is 42.1 Å². The maximum absolute atomic E-state index is 14.1. The summed E-state index contributed by atoms with van der Waals surface area (Å²) < 4.78 is 27.5. The predicted molar refractivity (Wildman–Crippen MR) is 130 cm³/mol. The lowest BCUT2D eigenvalue weighted by atomic mass is 10.2. The Kier molecular flexibility index (Phi) is 7.17. The number of halogens is 3. The molecule has 4 aromatic rings. The molecule has 0 saturated heterocycles. The highest BCUT2D eigenvalue weighted by molar-refractivity contribution is 7.71. The van der Waals surface area contributed by atoms with Crippen molar-refractivity contribution in [2.75, 3.05) is 12.5 Å². The zero-order chi connectivity index (χ0) is 23.4. The molecule has 0 saturated carbocycles. The van der Waals surface area contributed by atoms with E-state index in [9.17, 15) is 4.39 Å². The molecule has 4 rings (SSSR count). The average Bonchev–Trinajstić information content (AvgIpc) is 3.18. The van der Waals surface area contributed by atoms with E-state index in [-0.39, 0.29) is 12.2 Å². The van der Waals surface area contributed by atoms with Gasteiger partial charge in [-0.05, 0) is 54.7 Å². The molecular weight excluding hydrogens is 486 g/mol. The van der Waals surface area contributed by atoms with E-state index >= 15 is 0 Å². The van der Waals surface area contributed by atoms with E-state index in [2.05, 4.69) is 15.6 Å². The molecule has 2 N–H and O–H groups in total. The van der Waals surface area contributed by atoms with Crippen molar-refractivity contribution >= 4 is 35.4 Å². The number of rotatable bonds is 8. The van der Waals surface area contributed by atoms with Crippen LogP contribution < -0.4 is 14.9 Å². The monoisotopic (exact) mass is 504 g/mol. The summed E-state index contributed by atoms with van der Waals surface area (Å²) in [6.07, 6.45) is 0. The van der Waals surface area contributed by atoms with Gasteiger partial charge in [0.25, 0.3) is 0 Å². The highest BCUT2D eigenvalue weighted by Gasteiger charge is 2.15. The van der Waals surface area contributed by atoms with Gasteiger partial charge in [-0.25, -0.2) is 14.2 Å². The van der Waals surface area contributed by atoms with Gasteiger partial charge in [0.05, 0.1) is 24.2 Å². The first-order chi connectivity index (χ1) is 16.0. The Morgan fingerprint density at radius 1 is 1.09 bits per heavy atom. The molecular formula is C23H19Cl2FN4O2S. The van der Waals surface area contributed by atoms with Crippen LogP contribution in [0.5, 0.6) is 11.5 Å². The molecule has 0 atom stereocenters. The fourth-order valence-electron chi connectivity index (χ4n) is 3.27. The molecule has 0 aliphatic carbocycles. The molecule has 0 amide bonds. The van der Waals surface area contributed by atoms with Crippen molar-refractivity contribution < 1.29 is 13.9 Å². The van der Waals surface area contributed by atoms with Crippen LogP contribution in [0.2, 0.25) is 10.0 Å². The zero-order valence-electron chi connectivity index (χ0n) is 17.4. The maximum Gasteiger partial charge on any atom is 0.214 e. The van der Waals surface area contributed by atoms with Gasteiger partial charge in [0, 0.05) is 16.1 Å². The first-order valence-electron chi connectivity index (χ1n) is 9.86. The number of benzene rings is 3. The number of ether oxygens (including phenoxy) is 2. The van der Waals surface area contributed by atoms with Crippen LogP contribution in [0, 0.1) is 10.6 Å². The Morgan fingerprint density at radius 2 is 1.91 bits per heavy atom. The first-order valence-corrected chi connectivity index (χ1v) is 11.0. The van der Waals surface area contributed by atoms with Crippen molar-refractivity contribution in [1.29, 1.82) is 0 Å². The third-order valence-electron chi connectivity index (χ3n) is 4.90. The standard InChI is InChI=1S/C23H19Cl2FN4O2S/c1-31-21-8-3-2-5-16(21)22-28-29-23(33)30(22)27-12-14-11-15(24)9-10-20(14)32-13-17-18(25)6-4-7-19(17)26/h2-11,27H,12-13H2,1H3,(H,29,33). The second kappa shape index (κ2) is 10.2. The molecule has 3 aromatic carbocycles. The summed E-state index contributed by atoms with van der Waals surface area (Å²) in [6, 6.07) is 17.2. The van der Waals surface area contributed by atoms with Gasteiger partial charge in [0.15, 0.2) is 5.82 Å². The van der Waals surface area contributed by atoms with E-state index < -0.39 is 5.82 Å². The van der Waals surface area contributed by atoms with Crippen molar-refractivity contribution in [3.05, 3.63) is 92.4 Å². The van der Waals surface area contributed by atoms with Gasteiger partial charge >= 0.3 is 0 Å². The number of hydrogen-bond donors (Lipinski definition) is 2. The topological polar surface area (TPSA) is 64.1 Å². The van der Waals surface area contributed by atoms with Gasteiger partial charge < -0.3 is 14.9 Å². The summed E-state index contributed by atoms with van der Waals surface area (Å²) in [7, 11) is 1.59. The zero-order valence-corrected chi connectivity index (χ0v) is 19.8. The van der Waals surface area contributed by atoms with Crippen LogP contribution in [0.1, 0.15) is 11.1 Å². The molecule has 0 radical (unpaired) electrons. The Morgan fingerprint density at radius 3 is 2.70 bits per heavy atom. The summed E-state index contributed by atoms with van der Waals surface area (Å²) >= 11 is 17.7. The number of H-pyrrole nitrogens is 1. The van der Waals surface area contributed by atoms with Crippen molar-refractivity contribution in [3.63, 3.8) is 0 Å². The van der Waals surface area contributed by atoms with Gasteiger partial charge in [0.1, 0.15) is 23.9 Å². The lowest BCUT2D eigenvalue weighted by Crippen LogP contribution is -2.17. The fraction of sp³-hybridized carbons (Fsp3) is 0.130. The SMILES string of the molecule is COc1ccccc1-c1n[nH]c(=S)n1NCc1cc(Cl)ccc1OCc1c(F)cccc1Cl. The Labute approximate surface area is 204 Å². The van der Waals surface area contributed by atoms with Gasteiger partial charge in [-0.1, -0.05) is 41.4 Å². The molecule has 0 aliphatic rings. The number of nitrogens with one attached hydrogen (secondary N) is 2. The summed E-state index contributed by atoms with van der Waals surface area (Å²) in [5.41, 5.74) is 5.02. The van der Waals surface area contributed by atoms with Crippen LogP contribution in [0.15, 0.2) is 60.7 Å². The minimum Gasteiger partial charge on any atom is -0.496 e.